The first-order chi connectivity index (χ1) is 14.2. The number of carbonyl (C=O) groups excluding carboxylic acids is 1. The summed E-state index contributed by atoms with van der Waals surface area (Å²) in [6.07, 6.45) is 1.33. The van der Waals surface area contributed by atoms with Gasteiger partial charge in [-0.25, -0.2) is 0 Å². The first-order valence-corrected chi connectivity index (χ1v) is 10.3. The Balaban J connectivity index is 1.61. The summed E-state index contributed by atoms with van der Waals surface area (Å²) in [5.74, 6) is 0.374. The zero-order valence-corrected chi connectivity index (χ0v) is 16.6. The summed E-state index contributed by atoms with van der Waals surface area (Å²) in [7, 11) is 0. The summed E-state index contributed by atoms with van der Waals surface area (Å²) in [5, 5.41) is 7.86. The average molecular weight is 401 g/mol. The maximum absolute atomic E-state index is 13.4. The van der Waals surface area contributed by atoms with Crippen molar-refractivity contribution in [2.24, 2.45) is 0 Å². The lowest BCUT2D eigenvalue weighted by Gasteiger charge is -2.30. The molecule has 0 unspecified atom stereocenters. The van der Waals surface area contributed by atoms with Crippen LogP contribution in [0.25, 0.3) is 0 Å². The van der Waals surface area contributed by atoms with Gasteiger partial charge in [0, 0.05) is 22.7 Å². The van der Waals surface area contributed by atoms with E-state index in [0.29, 0.717) is 11.4 Å². The van der Waals surface area contributed by atoms with Crippen molar-refractivity contribution in [3.05, 3.63) is 106 Å². The van der Waals surface area contributed by atoms with E-state index in [0.717, 1.165) is 34.6 Å². The molecule has 1 aliphatic carbocycles. The van der Waals surface area contributed by atoms with Crippen LogP contribution in [0.2, 0.25) is 5.02 Å². The average Bonchev–Trinajstić information content (AvgIpc) is 2.92. The molecule has 0 spiro atoms. The van der Waals surface area contributed by atoms with E-state index >= 15 is 0 Å². The van der Waals surface area contributed by atoms with Crippen LogP contribution in [0.5, 0.6) is 0 Å². The molecule has 0 saturated carbocycles. The molecule has 144 valence electrons. The fourth-order valence-electron chi connectivity index (χ4n) is 4.36. The summed E-state index contributed by atoms with van der Waals surface area (Å²) in [5.41, 5.74) is 6.07. The molecule has 1 heterocycles. The molecule has 3 nitrogen and oxygen atoms in total. The molecule has 3 aromatic carbocycles. The minimum Gasteiger partial charge on any atom is -0.372 e. The van der Waals surface area contributed by atoms with E-state index in [1.54, 1.807) is 0 Å². The lowest BCUT2D eigenvalue weighted by Crippen LogP contribution is -2.26. The lowest BCUT2D eigenvalue weighted by atomic mass is 9.78. The van der Waals surface area contributed by atoms with Crippen LogP contribution in [0.15, 0.2) is 90.1 Å². The van der Waals surface area contributed by atoms with Crippen LogP contribution < -0.4 is 10.6 Å². The first-order valence-electron chi connectivity index (χ1n) is 9.88. The SMILES string of the molecule is O=C1C[C@H](c2ccccc2)CC2=C1[C@H](c1ccc(Cl)cc1)Nc1ccccc1N2. The third-order valence-electron chi connectivity index (χ3n) is 5.78. The molecule has 2 N–H and O–H groups in total. The maximum atomic E-state index is 13.4. The Bertz CT molecular complexity index is 1090. The Labute approximate surface area is 175 Å². The van der Waals surface area contributed by atoms with Crippen LogP contribution in [-0.4, -0.2) is 5.78 Å². The lowest BCUT2D eigenvalue weighted by molar-refractivity contribution is -0.116. The molecule has 4 heteroatoms. The standard InChI is InChI=1S/C25H21ClN2O/c26-19-12-10-17(11-13-19)25-24-22(27-20-8-4-5-9-21(20)28-25)14-18(15-23(24)29)16-6-2-1-3-7-16/h1-13,18,25,27-28H,14-15H2/t18-,25+/m1/s1. The second kappa shape index (κ2) is 7.41. The molecule has 2 atom stereocenters. The Kier molecular flexibility index (Phi) is 4.61. The second-order valence-electron chi connectivity index (χ2n) is 7.63. The summed E-state index contributed by atoms with van der Waals surface area (Å²) in [6, 6.07) is 26.0. The number of fused-ring (bicyclic) bond motifs is 1. The number of anilines is 2. The van der Waals surface area contributed by atoms with Crippen LogP contribution in [0.4, 0.5) is 11.4 Å². The highest BCUT2D eigenvalue weighted by molar-refractivity contribution is 6.30. The molecule has 29 heavy (non-hydrogen) atoms. The molecular weight excluding hydrogens is 380 g/mol. The molecule has 2 aliphatic rings. The summed E-state index contributed by atoms with van der Waals surface area (Å²) < 4.78 is 0. The highest BCUT2D eigenvalue weighted by Crippen LogP contribution is 2.44. The van der Waals surface area contributed by atoms with Crippen LogP contribution in [0.1, 0.15) is 35.9 Å². The van der Waals surface area contributed by atoms with Crippen LogP contribution in [0, 0.1) is 0 Å². The van der Waals surface area contributed by atoms with E-state index in [-0.39, 0.29) is 17.7 Å². The molecule has 0 bridgehead atoms. The Morgan fingerprint density at radius 1 is 0.759 bits per heavy atom. The van der Waals surface area contributed by atoms with Gasteiger partial charge in [-0.3, -0.25) is 4.79 Å². The van der Waals surface area contributed by atoms with Crippen molar-refractivity contribution in [2.75, 3.05) is 10.6 Å². The fourth-order valence-corrected chi connectivity index (χ4v) is 4.48. The van der Waals surface area contributed by atoms with Crippen molar-refractivity contribution in [3.8, 4) is 0 Å². The van der Waals surface area contributed by atoms with Gasteiger partial charge in [0.1, 0.15) is 0 Å². The van der Waals surface area contributed by atoms with Gasteiger partial charge < -0.3 is 10.6 Å². The predicted octanol–water partition coefficient (Wildman–Crippen LogP) is 6.32. The Morgan fingerprint density at radius 3 is 2.21 bits per heavy atom. The molecule has 3 aromatic rings. The van der Waals surface area contributed by atoms with Crippen LogP contribution >= 0.6 is 11.6 Å². The number of para-hydroxylation sites is 2. The third-order valence-corrected chi connectivity index (χ3v) is 6.04. The monoisotopic (exact) mass is 400 g/mol. The molecule has 0 amide bonds. The quantitative estimate of drug-likeness (QED) is 0.528. The number of hydrogen-bond acceptors (Lipinski definition) is 3. The fraction of sp³-hybridized carbons (Fsp3) is 0.160. The summed E-state index contributed by atoms with van der Waals surface area (Å²) >= 11 is 6.11. The molecular formula is C25H21ClN2O. The van der Waals surface area contributed by atoms with Crippen molar-refractivity contribution in [3.63, 3.8) is 0 Å². The van der Waals surface area contributed by atoms with Gasteiger partial charge in [0.25, 0.3) is 0 Å². The number of nitrogens with one attached hydrogen (secondary N) is 2. The highest BCUT2D eigenvalue weighted by atomic mass is 35.5. The maximum Gasteiger partial charge on any atom is 0.163 e. The van der Waals surface area contributed by atoms with Crippen molar-refractivity contribution in [1.29, 1.82) is 0 Å². The number of allylic oxidation sites excluding steroid dienone is 1. The Morgan fingerprint density at radius 2 is 1.45 bits per heavy atom. The van der Waals surface area contributed by atoms with E-state index in [1.165, 1.54) is 5.56 Å². The molecule has 1 aliphatic heterocycles. The van der Waals surface area contributed by atoms with Gasteiger partial charge in [-0.2, -0.15) is 0 Å². The van der Waals surface area contributed by atoms with Gasteiger partial charge in [0.2, 0.25) is 0 Å². The van der Waals surface area contributed by atoms with E-state index in [1.807, 2.05) is 66.7 Å². The first kappa shape index (κ1) is 18.0. The van der Waals surface area contributed by atoms with Gasteiger partial charge in [0.05, 0.1) is 17.4 Å². The van der Waals surface area contributed by atoms with Crippen LogP contribution in [0.3, 0.4) is 0 Å². The molecule has 0 fully saturated rings. The van der Waals surface area contributed by atoms with Gasteiger partial charge in [-0.1, -0.05) is 66.2 Å². The number of rotatable bonds is 2. The van der Waals surface area contributed by atoms with E-state index in [2.05, 4.69) is 22.8 Å². The number of hydrogen-bond donors (Lipinski definition) is 2. The number of ketones is 1. The summed E-state index contributed by atoms with van der Waals surface area (Å²) in [6.45, 7) is 0. The topological polar surface area (TPSA) is 41.1 Å². The number of Topliss-reactive ketones (excluding diaryl/α,β-unsaturated/α-hetero) is 1. The zero-order valence-electron chi connectivity index (χ0n) is 15.9. The van der Waals surface area contributed by atoms with Gasteiger partial charge in [-0.05, 0) is 47.7 Å². The van der Waals surface area contributed by atoms with Gasteiger partial charge in [0.15, 0.2) is 5.78 Å². The van der Waals surface area contributed by atoms with E-state index < -0.39 is 0 Å². The predicted molar refractivity (Wildman–Crippen MR) is 118 cm³/mol. The zero-order chi connectivity index (χ0) is 19.8. The number of benzene rings is 3. The van der Waals surface area contributed by atoms with Crippen molar-refractivity contribution >= 4 is 28.8 Å². The number of carbonyl (C=O) groups is 1. The normalized spacial score (nSPS) is 20.8. The minimum atomic E-state index is -0.206. The molecule has 0 aromatic heterocycles. The second-order valence-corrected chi connectivity index (χ2v) is 8.07. The van der Waals surface area contributed by atoms with Gasteiger partial charge in [-0.15, -0.1) is 0 Å². The molecule has 0 saturated heterocycles. The Hall–Kier alpha value is -3.04. The van der Waals surface area contributed by atoms with Gasteiger partial charge >= 0.3 is 0 Å². The smallest absolute Gasteiger partial charge is 0.163 e. The van der Waals surface area contributed by atoms with Crippen molar-refractivity contribution < 1.29 is 4.79 Å². The largest absolute Gasteiger partial charge is 0.372 e. The summed E-state index contributed by atoms with van der Waals surface area (Å²) in [4.78, 5) is 13.4. The van der Waals surface area contributed by atoms with Crippen molar-refractivity contribution in [1.82, 2.24) is 0 Å². The van der Waals surface area contributed by atoms with Crippen LogP contribution in [-0.2, 0) is 4.79 Å². The number of halogens is 1. The van der Waals surface area contributed by atoms with Crippen molar-refractivity contribution in [2.45, 2.75) is 24.8 Å². The van der Waals surface area contributed by atoms with E-state index in [9.17, 15) is 4.79 Å². The highest BCUT2D eigenvalue weighted by Gasteiger charge is 2.35. The molecule has 5 rings (SSSR count). The third kappa shape index (κ3) is 3.43. The minimum absolute atomic E-state index is 0.186. The van der Waals surface area contributed by atoms with E-state index in [4.69, 9.17) is 11.6 Å². The molecule has 0 radical (unpaired) electrons.